The first-order valence-corrected chi connectivity index (χ1v) is 6.27. The van der Waals surface area contributed by atoms with Crippen molar-refractivity contribution in [3.63, 3.8) is 0 Å². The Balaban J connectivity index is 2.37. The molecule has 94 valence electrons. The molecule has 1 N–H and O–H groups in total. The fourth-order valence-electron chi connectivity index (χ4n) is 2.66. The van der Waals surface area contributed by atoms with Gasteiger partial charge in [0.2, 0.25) is 0 Å². The number of aromatic nitrogens is 2. The number of rotatable bonds is 1. The third-order valence-corrected chi connectivity index (χ3v) is 3.81. The molecular weight excluding hydrogens is 234 g/mol. The van der Waals surface area contributed by atoms with Crippen LogP contribution in [0.3, 0.4) is 0 Å². The summed E-state index contributed by atoms with van der Waals surface area (Å²) in [6.07, 6.45) is 0. The second kappa shape index (κ2) is 4.03. The molecule has 0 saturated heterocycles. The van der Waals surface area contributed by atoms with E-state index in [2.05, 4.69) is 34.7 Å². The van der Waals surface area contributed by atoms with Crippen molar-refractivity contribution in [1.82, 2.24) is 9.55 Å². The quantitative estimate of drug-likeness (QED) is 0.702. The number of H-pyrrole nitrogens is 1. The summed E-state index contributed by atoms with van der Waals surface area (Å²) in [7, 11) is 2.01. The van der Waals surface area contributed by atoms with E-state index in [1.165, 1.54) is 10.9 Å². The molecular formula is C16H15N3. The lowest BCUT2D eigenvalue weighted by Gasteiger charge is -2.05. The van der Waals surface area contributed by atoms with Gasteiger partial charge in [-0.15, -0.1) is 0 Å². The molecule has 3 heteroatoms. The molecule has 3 nitrogen and oxygen atoms in total. The molecule has 2 aromatic heterocycles. The van der Waals surface area contributed by atoms with Gasteiger partial charge in [0.15, 0.2) is 0 Å². The third-order valence-electron chi connectivity index (χ3n) is 3.81. The summed E-state index contributed by atoms with van der Waals surface area (Å²) >= 11 is 0. The molecule has 0 atom stereocenters. The van der Waals surface area contributed by atoms with Crippen LogP contribution in [0.25, 0.3) is 22.2 Å². The van der Waals surface area contributed by atoms with E-state index in [0.717, 1.165) is 28.2 Å². The van der Waals surface area contributed by atoms with E-state index in [9.17, 15) is 0 Å². The van der Waals surface area contributed by atoms with Gasteiger partial charge in [0.25, 0.3) is 0 Å². The Morgan fingerprint density at radius 2 is 1.95 bits per heavy atom. The van der Waals surface area contributed by atoms with Crippen LogP contribution in [-0.2, 0) is 7.05 Å². The van der Waals surface area contributed by atoms with Crippen molar-refractivity contribution in [2.24, 2.45) is 7.05 Å². The molecule has 0 aliphatic carbocycles. The van der Waals surface area contributed by atoms with Gasteiger partial charge in [-0.1, -0.05) is 18.2 Å². The Morgan fingerprint density at radius 3 is 2.63 bits per heavy atom. The zero-order valence-electron chi connectivity index (χ0n) is 11.3. The van der Waals surface area contributed by atoms with Crippen LogP contribution in [-0.4, -0.2) is 9.55 Å². The molecule has 0 amide bonds. The largest absolute Gasteiger partial charge is 0.358 e. The zero-order chi connectivity index (χ0) is 13.6. The average Bonchev–Trinajstić information content (AvgIpc) is 2.88. The SMILES string of the molecule is Cc1[nH]c2ccccc2c1-c1cc(C#N)c(C)n1C. The molecule has 0 aliphatic rings. The van der Waals surface area contributed by atoms with Gasteiger partial charge in [0.1, 0.15) is 6.07 Å². The van der Waals surface area contributed by atoms with Gasteiger partial charge in [0.05, 0.1) is 11.3 Å². The zero-order valence-corrected chi connectivity index (χ0v) is 11.3. The van der Waals surface area contributed by atoms with Crippen LogP contribution < -0.4 is 0 Å². The van der Waals surface area contributed by atoms with Crippen molar-refractivity contribution in [2.45, 2.75) is 13.8 Å². The average molecular weight is 249 g/mol. The molecule has 0 fully saturated rings. The Labute approximate surface area is 112 Å². The minimum atomic E-state index is 0.738. The fourth-order valence-corrected chi connectivity index (χ4v) is 2.66. The van der Waals surface area contributed by atoms with Crippen LogP contribution in [0.1, 0.15) is 17.0 Å². The molecule has 19 heavy (non-hydrogen) atoms. The Morgan fingerprint density at radius 1 is 1.21 bits per heavy atom. The van der Waals surface area contributed by atoms with E-state index in [-0.39, 0.29) is 0 Å². The number of hydrogen-bond acceptors (Lipinski definition) is 1. The van der Waals surface area contributed by atoms with Gasteiger partial charge < -0.3 is 9.55 Å². The van der Waals surface area contributed by atoms with Gasteiger partial charge in [0, 0.05) is 34.9 Å². The van der Waals surface area contributed by atoms with Crippen LogP contribution in [0, 0.1) is 25.2 Å². The maximum absolute atomic E-state index is 9.17. The van der Waals surface area contributed by atoms with Crippen molar-refractivity contribution in [1.29, 1.82) is 5.26 Å². The topological polar surface area (TPSA) is 44.5 Å². The summed E-state index contributed by atoms with van der Waals surface area (Å²) in [5.74, 6) is 0. The number of nitrogens with zero attached hydrogens (tertiary/aromatic N) is 2. The monoisotopic (exact) mass is 249 g/mol. The number of nitrogens with one attached hydrogen (secondary N) is 1. The Kier molecular flexibility index (Phi) is 2.46. The molecule has 2 heterocycles. The van der Waals surface area contributed by atoms with Crippen LogP contribution >= 0.6 is 0 Å². The summed E-state index contributed by atoms with van der Waals surface area (Å²) < 4.78 is 2.08. The standard InChI is InChI=1S/C16H15N3/c1-10-16(13-6-4-5-7-14(13)18-10)15-8-12(9-17)11(2)19(15)3/h4-8,18H,1-3H3. The van der Waals surface area contributed by atoms with Crippen molar-refractivity contribution >= 4 is 10.9 Å². The molecule has 0 aliphatic heterocycles. The van der Waals surface area contributed by atoms with E-state index >= 15 is 0 Å². The molecule has 1 aromatic carbocycles. The number of nitriles is 1. The number of para-hydroxylation sites is 1. The summed E-state index contributed by atoms with van der Waals surface area (Å²) in [6, 6.07) is 12.5. The first-order valence-electron chi connectivity index (χ1n) is 6.27. The predicted octanol–water partition coefficient (Wildman–Crippen LogP) is 3.66. The van der Waals surface area contributed by atoms with E-state index in [0.29, 0.717) is 0 Å². The smallest absolute Gasteiger partial charge is 0.101 e. The number of fused-ring (bicyclic) bond motifs is 1. The lowest BCUT2D eigenvalue weighted by molar-refractivity contribution is 0.888. The van der Waals surface area contributed by atoms with Crippen LogP contribution in [0.5, 0.6) is 0 Å². The van der Waals surface area contributed by atoms with Crippen molar-refractivity contribution < 1.29 is 0 Å². The van der Waals surface area contributed by atoms with Crippen molar-refractivity contribution in [3.8, 4) is 17.3 Å². The van der Waals surface area contributed by atoms with E-state index < -0.39 is 0 Å². The number of hydrogen-bond donors (Lipinski definition) is 1. The molecule has 0 radical (unpaired) electrons. The molecule has 3 rings (SSSR count). The van der Waals surface area contributed by atoms with Crippen molar-refractivity contribution in [3.05, 3.63) is 47.3 Å². The molecule has 0 saturated carbocycles. The first-order chi connectivity index (χ1) is 9.13. The summed E-state index contributed by atoms with van der Waals surface area (Å²) in [5.41, 5.74) is 6.27. The third kappa shape index (κ3) is 1.57. The number of aromatic amines is 1. The highest BCUT2D eigenvalue weighted by Crippen LogP contribution is 2.33. The van der Waals surface area contributed by atoms with Crippen LogP contribution in [0.4, 0.5) is 0 Å². The molecule has 0 bridgehead atoms. The second-order valence-electron chi connectivity index (χ2n) is 4.87. The highest BCUT2D eigenvalue weighted by molar-refractivity contribution is 5.97. The highest BCUT2D eigenvalue weighted by atomic mass is 15.0. The van der Waals surface area contributed by atoms with E-state index in [4.69, 9.17) is 5.26 Å². The number of benzene rings is 1. The highest BCUT2D eigenvalue weighted by Gasteiger charge is 2.16. The normalized spacial score (nSPS) is 10.8. The maximum atomic E-state index is 9.17. The first kappa shape index (κ1) is 11.6. The van der Waals surface area contributed by atoms with Gasteiger partial charge in [-0.05, 0) is 26.0 Å². The lowest BCUT2D eigenvalue weighted by atomic mass is 10.1. The Bertz CT molecular complexity index is 812. The lowest BCUT2D eigenvalue weighted by Crippen LogP contribution is -1.94. The molecule has 0 unspecified atom stereocenters. The molecule has 0 spiro atoms. The van der Waals surface area contributed by atoms with Gasteiger partial charge in [-0.3, -0.25) is 0 Å². The van der Waals surface area contributed by atoms with E-state index in [1.54, 1.807) is 0 Å². The maximum Gasteiger partial charge on any atom is 0.101 e. The summed E-state index contributed by atoms with van der Waals surface area (Å²) in [4.78, 5) is 3.40. The number of aryl methyl sites for hydroxylation is 1. The van der Waals surface area contributed by atoms with Gasteiger partial charge >= 0.3 is 0 Å². The minimum absolute atomic E-state index is 0.738. The Hall–Kier alpha value is -2.47. The van der Waals surface area contributed by atoms with Crippen LogP contribution in [0.2, 0.25) is 0 Å². The van der Waals surface area contributed by atoms with Crippen LogP contribution in [0.15, 0.2) is 30.3 Å². The van der Waals surface area contributed by atoms with Gasteiger partial charge in [-0.2, -0.15) is 5.26 Å². The van der Waals surface area contributed by atoms with E-state index in [1.807, 2.05) is 32.2 Å². The predicted molar refractivity (Wildman–Crippen MR) is 76.9 cm³/mol. The van der Waals surface area contributed by atoms with Crippen molar-refractivity contribution in [2.75, 3.05) is 0 Å². The molecule has 3 aromatic rings. The second-order valence-corrected chi connectivity index (χ2v) is 4.87. The fraction of sp³-hybridized carbons (Fsp3) is 0.188. The minimum Gasteiger partial charge on any atom is -0.358 e. The summed E-state index contributed by atoms with van der Waals surface area (Å²) in [6.45, 7) is 4.05. The summed E-state index contributed by atoms with van der Waals surface area (Å²) in [5, 5.41) is 10.4. The van der Waals surface area contributed by atoms with Gasteiger partial charge in [-0.25, -0.2) is 0 Å².